The average Bonchev–Trinajstić information content (AvgIpc) is 2.54. The molecule has 0 N–H and O–H groups in total. The van der Waals surface area contributed by atoms with Crippen molar-refractivity contribution in [3.8, 4) is 0 Å². The second-order valence-corrected chi connectivity index (χ2v) is 8.03. The van der Waals surface area contributed by atoms with Crippen LogP contribution in [-0.4, -0.2) is 50.9 Å². The van der Waals surface area contributed by atoms with Gasteiger partial charge >= 0.3 is 0 Å². The van der Waals surface area contributed by atoms with Crippen molar-refractivity contribution in [2.24, 2.45) is 5.92 Å². The minimum Gasteiger partial charge on any atom is -0.339 e. The van der Waals surface area contributed by atoms with Gasteiger partial charge in [0.05, 0.1) is 12.1 Å². The van der Waals surface area contributed by atoms with Crippen LogP contribution in [-0.2, 0) is 14.9 Å². The predicted molar refractivity (Wildman–Crippen MR) is 87.7 cm³/mol. The fraction of sp³-hybridized carbons (Fsp3) is 0.533. The lowest BCUT2D eigenvalue weighted by atomic mass is 9.98. The molecule has 0 radical (unpaired) electrons. The van der Waals surface area contributed by atoms with Crippen molar-refractivity contribution in [1.82, 2.24) is 9.37 Å². The highest BCUT2D eigenvalue weighted by atomic mass is 35.5. The van der Waals surface area contributed by atoms with Gasteiger partial charge in [-0.2, -0.15) is 0 Å². The zero-order valence-electron chi connectivity index (χ0n) is 13.5. The van der Waals surface area contributed by atoms with Crippen LogP contribution >= 0.6 is 11.6 Å². The van der Waals surface area contributed by atoms with Gasteiger partial charge in [-0.3, -0.25) is 9.63 Å². The van der Waals surface area contributed by atoms with Gasteiger partial charge in [0, 0.05) is 25.7 Å². The average molecular weight is 361 g/mol. The molecule has 1 aromatic rings. The summed E-state index contributed by atoms with van der Waals surface area (Å²) < 4.78 is 25.5. The smallest absolute Gasteiger partial charge is 0.266 e. The molecule has 0 aromatic heterocycles. The summed E-state index contributed by atoms with van der Waals surface area (Å²) in [6.07, 6.45) is 1.91. The number of hydrogen-bond acceptors (Lipinski definition) is 4. The molecule has 0 spiro atoms. The van der Waals surface area contributed by atoms with E-state index in [1.54, 1.807) is 11.0 Å². The summed E-state index contributed by atoms with van der Waals surface area (Å²) in [5.41, 5.74) is 0.312. The highest BCUT2D eigenvalue weighted by Crippen LogP contribution is 2.26. The summed E-state index contributed by atoms with van der Waals surface area (Å²) in [7, 11) is -1.39. The van der Waals surface area contributed by atoms with Crippen LogP contribution in [0, 0.1) is 5.92 Å². The Labute approximate surface area is 142 Å². The van der Waals surface area contributed by atoms with E-state index in [-0.39, 0.29) is 15.8 Å². The molecule has 1 saturated heterocycles. The van der Waals surface area contributed by atoms with Crippen LogP contribution in [0.2, 0.25) is 5.02 Å². The summed E-state index contributed by atoms with van der Waals surface area (Å²) in [5.74, 6) is 0.431. The molecular formula is C15H21ClN2O4S. The third kappa shape index (κ3) is 3.85. The van der Waals surface area contributed by atoms with Gasteiger partial charge in [-0.15, -0.1) is 0 Å². The van der Waals surface area contributed by atoms with Gasteiger partial charge in [0.15, 0.2) is 0 Å². The summed E-state index contributed by atoms with van der Waals surface area (Å²) in [6.45, 7) is 3.53. The monoisotopic (exact) mass is 360 g/mol. The molecule has 0 aliphatic carbocycles. The Bertz CT molecular complexity index is 685. The fourth-order valence-corrected chi connectivity index (χ4v) is 3.94. The molecule has 23 heavy (non-hydrogen) atoms. The van der Waals surface area contributed by atoms with Gasteiger partial charge in [-0.25, -0.2) is 8.42 Å². The number of sulfonamides is 1. The Morgan fingerprint density at radius 2 is 1.96 bits per heavy atom. The number of hydroxylamine groups is 1. The highest BCUT2D eigenvalue weighted by Gasteiger charge is 2.27. The van der Waals surface area contributed by atoms with Crippen molar-refractivity contribution in [1.29, 1.82) is 0 Å². The molecule has 2 rings (SSSR count). The Morgan fingerprint density at radius 3 is 2.52 bits per heavy atom. The van der Waals surface area contributed by atoms with Crippen molar-refractivity contribution in [2.75, 3.05) is 27.2 Å². The van der Waals surface area contributed by atoms with Crippen LogP contribution < -0.4 is 0 Å². The number of nitrogens with zero attached hydrogens (tertiary/aromatic N) is 2. The molecule has 1 aliphatic heterocycles. The molecule has 1 aromatic carbocycles. The lowest BCUT2D eigenvalue weighted by Gasteiger charge is -2.30. The van der Waals surface area contributed by atoms with E-state index >= 15 is 0 Å². The van der Waals surface area contributed by atoms with Crippen LogP contribution in [0.15, 0.2) is 23.1 Å². The largest absolute Gasteiger partial charge is 0.339 e. The maximum Gasteiger partial charge on any atom is 0.266 e. The first kappa shape index (κ1) is 18.2. The molecule has 0 saturated carbocycles. The summed E-state index contributed by atoms with van der Waals surface area (Å²) in [5, 5.41) is 0.0534. The first-order valence-corrected chi connectivity index (χ1v) is 9.21. The SMILES string of the molecule is CON(C)S(=O)(=O)c1cc(C(=O)N2CCC(C)CC2)ccc1Cl. The predicted octanol–water partition coefficient (Wildman–Crippen LogP) is 2.39. The molecular weight excluding hydrogens is 340 g/mol. The van der Waals surface area contributed by atoms with E-state index in [1.165, 1.54) is 26.3 Å². The third-order valence-electron chi connectivity index (χ3n) is 4.12. The third-order valence-corrected chi connectivity index (χ3v) is 6.28. The molecule has 0 bridgehead atoms. The van der Waals surface area contributed by atoms with Crippen LogP contribution in [0.1, 0.15) is 30.1 Å². The van der Waals surface area contributed by atoms with Crippen LogP contribution in [0.5, 0.6) is 0 Å². The maximum absolute atomic E-state index is 12.6. The van der Waals surface area contributed by atoms with E-state index in [9.17, 15) is 13.2 Å². The summed E-state index contributed by atoms with van der Waals surface area (Å²) in [6, 6.07) is 4.29. The van der Waals surface area contributed by atoms with Gasteiger partial charge in [0.2, 0.25) is 0 Å². The number of amides is 1. The first-order chi connectivity index (χ1) is 10.8. The molecule has 6 nitrogen and oxygen atoms in total. The van der Waals surface area contributed by atoms with Crippen LogP contribution in [0.3, 0.4) is 0 Å². The second kappa shape index (κ2) is 7.17. The quantitative estimate of drug-likeness (QED) is 0.773. The van der Waals surface area contributed by atoms with E-state index in [2.05, 4.69) is 6.92 Å². The Balaban J connectivity index is 2.32. The molecule has 0 unspecified atom stereocenters. The number of halogens is 1. The molecule has 128 valence electrons. The first-order valence-electron chi connectivity index (χ1n) is 7.39. The van der Waals surface area contributed by atoms with Gasteiger partial charge in [-0.1, -0.05) is 23.0 Å². The van der Waals surface area contributed by atoms with E-state index in [4.69, 9.17) is 16.4 Å². The van der Waals surface area contributed by atoms with E-state index < -0.39 is 10.0 Å². The molecule has 1 heterocycles. The van der Waals surface area contributed by atoms with Gasteiger partial charge < -0.3 is 4.90 Å². The topological polar surface area (TPSA) is 66.9 Å². The number of hydrogen-bond donors (Lipinski definition) is 0. The maximum atomic E-state index is 12.6. The fourth-order valence-electron chi connectivity index (χ4n) is 2.46. The van der Waals surface area contributed by atoms with Gasteiger partial charge in [-0.05, 0) is 37.0 Å². The Morgan fingerprint density at radius 1 is 1.35 bits per heavy atom. The molecule has 1 aliphatic rings. The number of benzene rings is 1. The number of carbonyl (C=O) groups is 1. The zero-order chi connectivity index (χ0) is 17.2. The number of piperidine rings is 1. The lowest BCUT2D eigenvalue weighted by molar-refractivity contribution is -0.0258. The normalized spacial score (nSPS) is 16.8. The lowest BCUT2D eigenvalue weighted by Crippen LogP contribution is -2.38. The van der Waals surface area contributed by atoms with E-state index in [0.717, 1.165) is 12.8 Å². The van der Waals surface area contributed by atoms with Crippen LogP contribution in [0.4, 0.5) is 0 Å². The van der Waals surface area contributed by atoms with Crippen molar-refractivity contribution in [3.63, 3.8) is 0 Å². The number of carbonyl (C=O) groups excluding carboxylic acids is 1. The van der Waals surface area contributed by atoms with Crippen molar-refractivity contribution in [2.45, 2.75) is 24.7 Å². The zero-order valence-corrected chi connectivity index (χ0v) is 15.0. The van der Waals surface area contributed by atoms with Crippen LogP contribution in [0.25, 0.3) is 0 Å². The van der Waals surface area contributed by atoms with Gasteiger partial charge in [0.1, 0.15) is 4.90 Å². The standard InChI is InChI=1S/C15H21ClN2O4S/c1-11-6-8-18(9-7-11)15(19)12-4-5-13(16)14(10-12)23(20,21)17(2)22-3/h4-5,10-11H,6-9H2,1-3H3. The Hall–Kier alpha value is -1.15. The van der Waals surface area contributed by atoms with E-state index in [1.807, 2.05) is 0 Å². The van der Waals surface area contributed by atoms with E-state index in [0.29, 0.717) is 29.0 Å². The van der Waals surface area contributed by atoms with Crippen molar-refractivity contribution < 1.29 is 18.0 Å². The number of likely N-dealkylation sites (tertiary alicyclic amines) is 1. The molecule has 1 amide bonds. The van der Waals surface area contributed by atoms with Crippen molar-refractivity contribution in [3.05, 3.63) is 28.8 Å². The Kier molecular flexibility index (Phi) is 5.67. The minimum atomic E-state index is -3.91. The molecule has 8 heteroatoms. The summed E-state index contributed by atoms with van der Waals surface area (Å²) >= 11 is 6.01. The molecule has 0 atom stereocenters. The summed E-state index contributed by atoms with van der Waals surface area (Å²) in [4.78, 5) is 18.9. The minimum absolute atomic E-state index is 0.0534. The number of rotatable bonds is 4. The highest BCUT2D eigenvalue weighted by molar-refractivity contribution is 7.89. The molecule has 1 fully saturated rings. The van der Waals surface area contributed by atoms with Gasteiger partial charge in [0.25, 0.3) is 15.9 Å². The second-order valence-electron chi connectivity index (χ2n) is 5.72. The van der Waals surface area contributed by atoms with Crippen molar-refractivity contribution >= 4 is 27.5 Å².